The summed E-state index contributed by atoms with van der Waals surface area (Å²) in [6, 6.07) is 0.239. The number of halogens is 14. The Morgan fingerprint density at radius 2 is 0.919 bits per heavy atom. The van der Waals surface area contributed by atoms with Crippen LogP contribution in [0.3, 0.4) is 0 Å². The minimum absolute atomic E-state index is 0.239. The van der Waals surface area contributed by atoms with Crippen LogP contribution in [0.15, 0.2) is 12.3 Å². The van der Waals surface area contributed by atoms with E-state index in [-0.39, 0.29) is 6.07 Å². The summed E-state index contributed by atoms with van der Waals surface area (Å²) in [6.07, 6.45) is -20.8. The van der Waals surface area contributed by atoms with E-state index in [1.807, 2.05) is 0 Å². The van der Waals surface area contributed by atoms with Crippen LogP contribution in [0.2, 0.25) is 39.3 Å². The molecule has 1 heterocycles. The maximum Gasteiger partial charge on any atom is 0.459 e. The monoisotopic (exact) mass is 607 g/mol. The van der Waals surface area contributed by atoms with Crippen LogP contribution in [0, 0.1) is 0 Å². The molecule has 19 heteroatoms. The first-order valence-corrected chi connectivity index (χ1v) is 16.9. The Morgan fingerprint density at radius 3 is 1.24 bits per heavy atom. The zero-order valence-corrected chi connectivity index (χ0v) is 21.9. The van der Waals surface area contributed by atoms with Crippen molar-refractivity contribution in [2.45, 2.75) is 87.5 Å². The Bertz CT molecular complexity index is 856. The van der Waals surface area contributed by atoms with E-state index in [2.05, 4.69) is 0 Å². The number of aromatic amines is 1. The average molecular weight is 608 g/mol. The predicted octanol–water partition coefficient (Wildman–Crippen LogP) is 8.47. The molecule has 0 fully saturated rings. The van der Waals surface area contributed by atoms with Crippen LogP contribution in [0.1, 0.15) is 23.5 Å². The van der Waals surface area contributed by atoms with Gasteiger partial charge in [-0.2, -0.15) is 61.5 Å². The van der Waals surface area contributed by atoms with Gasteiger partial charge in [0.1, 0.15) is 6.10 Å². The second kappa shape index (κ2) is 9.69. The van der Waals surface area contributed by atoms with Crippen molar-refractivity contribution in [1.82, 2.24) is 4.98 Å². The molecule has 3 nitrogen and oxygen atoms in total. The first-order chi connectivity index (χ1) is 15.9. The summed E-state index contributed by atoms with van der Waals surface area (Å²) in [5, 5.41) is 0. The fraction of sp³-hybridized carbons (Fsp3) is 0.778. The smallest absolute Gasteiger partial charge is 0.405 e. The Labute approximate surface area is 203 Å². The van der Waals surface area contributed by atoms with Crippen molar-refractivity contribution in [1.29, 1.82) is 0 Å². The number of aromatic nitrogens is 1. The summed E-state index contributed by atoms with van der Waals surface area (Å²) in [4.78, 5) is 1.68. The standard InChI is InChI=1S/C18H23F14NO2Si2/c1-36(2,3)34-11(13(19,20)15(23,24)17(27,28)29)9-7-8-33-10(9)12(35-37(4,5)6)14(21,22)16(25,26)18(30,31)32/h7-8,11-12,33H,1-6H3. The molecule has 0 spiro atoms. The number of hydrogen-bond donors (Lipinski definition) is 1. The molecule has 2 atom stereocenters. The van der Waals surface area contributed by atoms with E-state index in [9.17, 15) is 61.5 Å². The topological polar surface area (TPSA) is 34.2 Å². The highest BCUT2D eigenvalue weighted by molar-refractivity contribution is 6.70. The lowest BCUT2D eigenvalue weighted by molar-refractivity contribution is -0.373. The normalized spacial score (nSPS) is 17.2. The summed E-state index contributed by atoms with van der Waals surface area (Å²) in [5.74, 6) is -26.2. The summed E-state index contributed by atoms with van der Waals surface area (Å²) in [5.41, 5.74) is -3.35. The molecule has 218 valence electrons. The Hall–Kier alpha value is -1.35. The molecule has 0 saturated heterocycles. The first-order valence-electron chi connectivity index (χ1n) is 10.1. The molecule has 0 aliphatic carbocycles. The molecule has 0 aliphatic heterocycles. The highest BCUT2D eigenvalue weighted by atomic mass is 28.4. The van der Waals surface area contributed by atoms with Gasteiger partial charge in [0.2, 0.25) is 0 Å². The van der Waals surface area contributed by atoms with Crippen molar-refractivity contribution >= 4 is 16.6 Å². The maximum atomic E-state index is 14.8. The number of rotatable bonds is 10. The second-order valence-electron chi connectivity index (χ2n) is 9.96. The highest BCUT2D eigenvalue weighted by Gasteiger charge is 2.78. The van der Waals surface area contributed by atoms with Gasteiger partial charge in [-0.1, -0.05) is 0 Å². The van der Waals surface area contributed by atoms with Crippen molar-refractivity contribution in [2.24, 2.45) is 0 Å². The van der Waals surface area contributed by atoms with Gasteiger partial charge in [-0.05, 0) is 45.3 Å². The minimum Gasteiger partial charge on any atom is -0.405 e. The largest absolute Gasteiger partial charge is 0.459 e. The summed E-state index contributed by atoms with van der Waals surface area (Å²) in [7, 11) is -7.17. The third-order valence-electron chi connectivity index (χ3n) is 4.51. The quantitative estimate of drug-likeness (QED) is 0.214. The van der Waals surface area contributed by atoms with Crippen LogP contribution in [0.4, 0.5) is 61.5 Å². The number of hydrogen-bond acceptors (Lipinski definition) is 2. The van der Waals surface area contributed by atoms with Crippen LogP contribution in [0.25, 0.3) is 0 Å². The zero-order valence-electron chi connectivity index (χ0n) is 19.9. The van der Waals surface area contributed by atoms with E-state index in [0.717, 1.165) is 39.3 Å². The molecular weight excluding hydrogens is 584 g/mol. The molecule has 1 aromatic heterocycles. The van der Waals surface area contributed by atoms with E-state index in [1.54, 1.807) is 4.98 Å². The van der Waals surface area contributed by atoms with E-state index in [1.165, 1.54) is 0 Å². The summed E-state index contributed by atoms with van der Waals surface area (Å²) in [6.45, 7) is 6.22. The molecule has 1 N–H and O–H groups in total. The van der Waals surface area contributed by atoms with Gasteiger partial charge >= 0.3 is 36.0 Å². The molecule has 37 heavy (non-hydrogen) atoms. The molecule has 1 rings (SSSR count). The van der Waals surface area contributed by atoms with Crippen molar-refractivity contribution in [3.63, 3.8) is 0 Å². The van der Waals surface area contributed by atoms with E-state index in [4.69, 9.17) is 8.85 Å². The molecule has 0 aromatic carbocycles. The first kappa shape index (κ1) is 33.7. The third-order valence-corrected chi connectivity index (χ3v) is 6.39. The molecule has 0 bridgehead atoms. The molecule has 0 saturated carbocycles. The fourth-order valence-electron chi connectivity index (χ4n) is 2.91. The lowest BCUT2D eigenvalue weighted by atomic mass is 9.93. The predicted molar refractivity (Wildman–Crippen MR) is 107 cm³/mol. The number of nitrogens with one attached hydrogen (secondary N) is 1. The Morgan fingerprint density at radius 1 is 0.595 bits per heavy atom. The lowest BCUT2D eigenvalue weighted by Crippen LogP contribution is -2.58. The molecule has 0 aliphatic rings. The van der Waals surface area contributed by atoms with Gasteiger partial charge in [0.15, 0.2) is 22.7 Å². The van der Waals surface area contributed by atoms with Gasteiger partial charge in [0.05, 0.1) is 5.69 Å². The van der Waals surface area contributed by atoms with E-state index in [0.29, 0.717) is 6.20 Å². The van der Waals surface area contributed by atoms with Gasteiger partial charge in [0.25, 0.3) is 0 Å². The van der Waals surface area contributed by atoms with Gasteiger partial charge < -0.3 is 13.8 Å². The highest BCUT2D eigenvalue weighted by Crippen LogP contribution is 2.57. The summed E-state index contributed by atoms with van der Waals surface area (Å²) < 4.78 is 202. The summed E-state index contributed by atoms with van der Waals surface area (Å²) >= 11 is 0. The van der Waals surface area contributed by atoms with Crippen LogP contribution < -0.4 is 0 Å². The Balaban J connectivity index is 4.00. The Kier molecular flexibility index (Phi) is 8.82. The second-order valence-corrected chi connectivity index (χ2v) is 18.9. The van der Waals surface area contributed by atoms with Crippen LogP contribution in [-0.4, -0.2) is 57.7 Å². The van der Waals surface area contributed by atoms with Crippen LogP contribution >= 0.6 is 0 Å². The lowest BCUT2D eigenvalue weighted by Gasteiger charge is -2.40. The van der Waals surface area contributed by atoms with Crippen molar-refractivity contribution in [2.75, 3.05) is 0 Å². The average Bonchev–Trinajstić information content (AvgIpc) is 3.09. The van der Waals surface area contributed by atoms with E-state index < -0.39 is 76.1 Å². The van der Waals surface area contributed by atoms with Gasteiger partial charge in [-0.15, -0.1) is 0 Å². The molecule has 1 aromatic rings. The van der Waals surface area contributed by atoms with Gasteiger partial charge in [-0.3, -0.25) is 0 Å². The van der Waals surface area contributed by atoms with Gasteiger partial charge in [0, 0.05) is 11.8 Å². The van der Waals surface area contributed by atoms with Crippen molar-refractivity contribution < 1.29 is 70.3 Å². The SMILES string of the molecule is C[Si](C)(C)OC(c1cc[nH]c1C(O[Si](C)(C)C)C(F)(F)C(F)(F)C(F)(F)F)C(F)(F)C(F)(F)C(F)(F)F. The van der Waals surface area contributed by atoms with E-state index >= 15 is 0 Å². The molecule has 2 unspecified atom stereocenters. The van der Waals surface area contributed by atoms with Crippen molar-refractivity contribution in [3.05, 3.63) is 23.5 Å². The van der Waals surface area contributed by atoms with Gasteiger partial charge in [-0.25, -0.2) is 0 Å². The van der Waals surface area contributed by atoms with Crippen molar-refractivity contribution in [3.8, 4) is 0 Å². The zero-order chi connectivity index (χ0) is 29.8. The third kappa shape index (κ3) is 6.63. The minimum atomic E-state index is -6.90. The van der Waals surface area contributed by atoms with Crippen LogP contribution in [0.5, 0.6) is 0 Å². The number of H-pyrrole nitrogens is 1. The molecular formula is C18H23F14NO2Si2. The number of alkyl halides is 14. The molecule has 0 radical (unpaired) electrons. The van der Waals surface area contributed by atoms with Crippen LogP contribution in [-0.2, 0) is 8.85 Å². The maximum absolute atomic E-state index is 14.8. The fourth-order valence-corrected chi connectivity index (χ4v) is 4.87. The molecule has 0 amide bonds.